The van der Waals surface area contributed by atoms with Gasteiger partial charge in [-0.2, -0.15) is 5.26 Å². The fourth-order valence-electron chi connectivity index (χ4n) is 4.34. The number of ether oxygens (including phenoxy) is 2. The predicted molar refractivity (Wildman–Crippen MR) is 148 cm³/mol. The standard InChI is InChI=1S/C28H28BrClN2O2S/c1-28(2,3)19-7-10-21-22(14-31)27(35-25(21)13-19)32-15-18-11-23(29)26(24(12-18)33-4)34-16-17-5-8-20(30)9-6-17/h5-6,8-9,11-12,15,19H,7,10,13,16H2,1-4H3/t19-/m0/s1. The summed E-state index contributed by atoms with van der Waals surface area (Å²) in [6, 6.07) is 13.8. The maximum Gasteiger partial charge on any atom is 0.175 e. The Hall–Kier alpha value is -2.33. The molecule has 0 N–H and O–H groups in total. The Morgan fingerprint density at radius 3 is 2.66 bits per heavy atom. The molecule has 4 rings (SSSR count). The van der Waals surface area contributed by atoms with Gasteiger partial charge in [0.05, 0.1) is 17.1 Å². The van der Waals surface area contributed by atoms with Crippen LogP contribution in [0.1, 0.15) is 54.3 Å². The molecule has 1 heterocycles. The number of hydrogen-bond donors (Lipinski definition) is 0. The summed E-state index contributed by atoms with van der Waals surface area (Å²) >= 11 is 11.2. The molecule has 0 aliphatic heterocycles. The van der Waals surface area contributed by atoms with Gasteiger partial charge in [-0.1, -0.05) is 44.5 Å². The monoisotopic (exact) mass is 570 g/mol. The van der Waals surface area contributed by atoms with Crippen molar-refractivity contribution >= 4 is 50.1 Å². The maximum atomic E-state index is 9.85. The zero-order chi connectivity index (χ0) is 25.2. The summed E-state index contributed by atoms with van der Waals surface area (Å²) in [5, 5.41) is 11.3. The van der Waals surface area contributed by atoms with Crippen molar-refractivity contribution in [3.63, 3.8) is 0 Å². The first-order valence-electron chi connectivity index (χ1n) is 11.5. The number of fused-ring (bicyclic) bond motifs is 1. The fraction of sp³-hybridized carbons (Fsp3) is 0.357. The van der Waals surface area contributed by atoms with Gasteiger partial charge in [-0.3, -0.25) is 0 Å². The normalized spacial score (nSPS) is 15.6. The van der Waals surface area contributed by atoms with Crippen molar-refractivity contribution in [1.29, 1.82) is 5.26 Å². The third-order valence-electron chi connectivity index (χ3n) is 6.46. The Morgan fingerprint density at radius 1 is 1.26 bits per heavy atom. The van der Waals surface area contributed by atoms with Crippen LogP contribution in [0, 0.1) is 22.7 Å². The number of nitriles is 1. The van der Waals surface area contributed by atoms with E-state index in [4.69, 9.17) is 26.1 Å². The number of nitrogens with zero attached hydrogens (tertiary/aromatic N) is 2. The molecule has 0 unspecified atom stereocenters. The highest BCUT2D eigenvalue weighted by Gasteiger charge is 2.32. The Labute approximate surface area is 224 Å². The zero-order valence-electron chi connectivity index (χ0n) is 20.3. The van der Waals surface area contributed by atoms with Crippen molar-refractivity contribution in [2.45, 2.75) is 46.6 Å². The molecule has 2 aromatic carbocycles. The van der Waals surface area contributed by atoms with Crippen molar-refractivity contribution in [1.82, 2.24) is 0 Å². The summed E-state index contributed by atoms with van der Waals surface area (Å²) in [5.74, 6) is 1.85. The van der Waals surface area contributed by atoms with E-state index in [0.29, 0.717) is 29.0 Å². The SMILES string of the molecule is COc1cc(C=Nc2sc3c(c2C#N)CC[C@H](C(C)(C)C)C3)cc(Br)c1OCc1ccc(Cl)cc1. The van der Waals surface area contributed by atoms with Crippen LogP contribution in [0.15, 0.2) is 45.9 Å². The molecule has 0 saturated heterocycles. The summed E-state index contributed by atoms with van der Waals surface area (Å²) in [5.41, 5.74) is 4.04. The molecule has 0 spiro atoms. The summed E-state index contributed by atoms with van der Waals surface area (Å²) < 4.78 is 12.4. The van der Waals surface area contributed by atoms with Crippen LogP contribution in [-0.2, 0) is 19.4 Å². The number of thiophene rings is 1. The van der Waals surface area contributed by atoms with Crippen molar-refractivity contribution in [3.05, 3.63) is 73.0 Å². The van der Waals surface area contributed by atoms with E-state index in [1.807, 2.05) is 36.4 Å². The first-order chi connectivity index (χ1) is 16.7. The van der Waals surface area contributed by atoms with Crippen LogP contribution < -0.4 is 9.47 Å². The molecule has 0 fully saturated rings. The van der Waals surface area contributed by atoms with Crippen molar-refractivity contribution in [2.75, 3.05) is 7.11 Å². The van der Waals surface area contributed by atoms with Crippen LogP contribution >= 0.6 is 38.9 Å². The quantitative estimate of drug-likeness (QED) is 0.279. The smallest absolute Gasteiger partial charge is 0.175 e. The Morgan fingerprint density at radius 2 is 2.00 bits per heavy atom. The van der Waals surface area contributed by atoms with E-state index in [2.05, 4.69) is 42.8 Å². The van der Waals surface area contributed by atoms with E-state index >= 15 is 0 Å². The lowest BCUT2D eigenvalue weighted by Gasteiger charge is -2.33. The second kappa shape index (κ2) is 10.7. The summed E-state index contributed by atoms with van der Waals surface area (Å²) in [7, 11) is 1.62. The first kappa shape index (κ1) is 25.8. The van der Waals surface area contributed by atoms with E-state index in [9.17, 15) is 5.26 Å². The summed E-state index contributed by atoms with van der Waals surface area (Å²) in [4.78, 5) is 6.04. The largest absolute Gasteiger partial charge is 0.493 e. The number of aliphatic imine (C=N–C) groups is 1. The molecular weight excluding hydrogens is 544 g/mol. The Kier molecular flexibility index (Phi) is 7.90. The summed E-state index contributed by atoms with van der Waals surface area (Å²) in [6.07, 6.45) is 4.88. The van der Waals surface area contributed by atoms with Crippen LogP contribution in [0.25, 0.3) is 0 Å². The molecule has 0 bridgehead atoms. The van der Waals surface area contributed by atoms with Crippen LogP contribution in [0.3, 0.4) is 0 Å². The average Bonchev–Trinajstić information content (AvgIpc) is 3.19. The maximum absolute atomic E-state index is 9.85. The van der Waals surface area contributed by atoms with Gasteiger partial charge in [0.25, 0.3) is 0 Å². The van der Waals surface area contributed by atoms with Gasteiger partial charge >= 0.3 is 0 Å². The molecule has 1 aromatic heterocycles. The molecule has 35 heavy (non-hydrogen) atoms. The molecule has 182 valence electrons. The lowest BCUT2D eigenvalue weighted by molar-refractivity contribution is 0.218. The van der Waals surface area contributed by atoms with Crippen molar-refractivity contribution < 1.29 is 9.47 Å². The van der Waals surface area contributed by atoms with Gasteiger partial charge in [0.15, 0.2) is 11.5 Å². The van der Waals surface area contributed by atoms with Gasteiger partial charge in [-0.25, -0.2) is 4.99 Å². The van der Waals surface area contributed by atoms with Crippen LogP contribution in [0.5, 0.6) is 11.5 Å². The molecule has 1 atom stereocenters. The number of halogens is 2. The summed E-state index contributed by atoms with van der Waals surface area (Å²) in [6.45, 7) is 7.29. The molecule has 0 amide bonds. The van der Waals surface area contributed by atoms with Gasteiger partial charge in [0.1, 0.15) is 17.7 Å². The van der Waals surface area contributed by atoms with Gasteiger partial charge in [0.2, 0.25) is 0 Å². The third-order valence-corrected chi connectivity index (χ3v) is 8.47. The number of hydrogen-bond acceptors (Lipinski definition) is 5. The minimum atomic E-state index is 0.262. The topological polar surface area (TPSA) is 54.6 Å². The van der Waals surface area contributed by atoms with E-state index in [1.54, 1.807) is 24.7 Å². The highest BCUT2D eigenvalue weighted by molar-refractivity contribution is 9.10. The van der Waals surface area contributed by atoms with E-state index in [0.717, 1.165) is 45.4 Å². The Balaban J connectivity index is 1.55. The molecule has 7 heteroatoms. The van der Waals surface area contributed by atoms with Gasteiger partial charge < -0.3 is 9.47 Å². The van der Waals surface area contributed by atoms with Crippen molar-refractivity contribution in [3.8, 4) is 17.6 Å². The molecule has 0 radical (unpaired) electrons. The van der Waals surface area contributed by atoms with E-state index in [-0.39, 0.29) is 5.41 Å². The molecule has 3 aromatic rings. The lowest BCUT2D eigenvalue weighted by Crippen LogP contribution is -2.26. The molecular formula is C28H28BrClN2O2S. The highest BCUT2D eigenvalue weighted by Crippen LogP contribution is 2.45. The van der Waals surface area contributed by atoms with Crippen LogP contribution in [0.2, 0.25) is 5.02 Å². The second-order valence-electron chi connectivity index (χ2n) is 9.81. The van der Waals surface area contributed by atoms with Crippen LogP contribution in [0.4, 0.5) is 5.00 Å². The molecule has 1 aliphatic carbocycles. The predicted octanol–water partition coefficient (Wildman–Crippen LogP) is 8.52. The van der Waals surface area contributed by atoms with Gasteiger partial charge in [-0.15, -0.1) is 11.3 Å². The number of rotatable bonds is 6. The number of benzene rings is 2. The van der Waals surface area contributed by atoms with Crippen LogP contribution in [-0.4, -0.2) is 13.3 Å². The number of methoxy groups -OCH3 is 1. The third kappa shape index (κ3) is 5.91. The second-order valence-corrected chi connectivity index (χ2v) is 12.2. The molecule has 4 nitrogen and oxygen atoms in total. The van der Waals surface area contributed by atoms with E-state index in [1.165, 1.54) is 10.4 Å². The van der Waals surface area contributed by atoms with Gasteiger partial charge in [-0.05, 0) is 87.5 Å². The molecule has 0 saturated carbocycles. The molecule has 1 aliphatic rings. The van der Waals surface area contributed by atoms with Crippen molar-refractivity contribution in [2.24, 2.45) is 16.3 Å². The minimum Gasteiger partial charge on any atom is -0.493 e. The fourth-order valence-corrected chi connectivity index (χ4v) is 6.26. The van der Waals surface area contributed by atoms with Gasteiger partial charge in [0, 0.05) is 16.1 Å². The first-order valence-corrected chi connectivity index (χ1v) is 13.5. The minimum absolute atomic E-state index is 0.262. The van der Waals surface area contributed by atoms with E-state index < -0.39 is 0 Å². The zero-order valence-corrected chi connectivity index (χ0v) is 23.5. The Bertz CT molecular complexity index is 1290. The highest BCUT2D eigenvalue weighted by atomic mass is 79.9. The average molecular weight is 572 g/mol. The lowest BCUT2D eigenvalue weighted by atomic mass is 9.72.